The Morgan fingerprint density at radius 1 is 1.25 bits per heavy atom. The maximum Gasteiger partial charge on any atom is 0.372 e. The summed E-state index contributed by atoms with van der Waals surface area (Å²) in [4.78, 5) is 32.0. The molecule has 0 aliphatic carbocycles. The minimum absolute atomic E-state index is 0.222. The Labute approximate surface area is 91.8 Å². The molecule has 0 unspecified atom stereocenters. The molecular weight excluding hydrogens is 216 g/mol. The van der Waals surface area contributed by atoms with Gasteiger partial charge in [0.05, 0.1) is 6.08 Å². The van der Waals surface area contributed by atoms with Crippen LogP contribution in [0.3, 0.4) is 0 Å². The second-order valence-corrected chi connectivity index (χ2v) is 2.84. The smallest absolute Gasteiger partial charge is 0.372 e. The summed E-state index contributed by atoms with van der Waals surface area (Å²) in [6.45, 7) is 3.24. The molecule has 0 aliphatic heterocycles. The van der Waals surface area contributed by atoms with Gasteiger partial charge >= 0.3 is 17.9 Å². The Kier molecular flexibility index (Phi) is 5.55. The SMILES string of the molecule is CCC=C(C)C(=O)O/C(=C/C(=O)O)C(=O)O. The van der Waals surface area contributed by atoms with E-state index in [4.69, 9.17) is 10.2 Å². The first-order valence-corrected chi connectivity index (χ1v) is 4.45. The second kappa shape index (κ2) is 6.39. The summed E-state index contributed by atoms with van der Waals surface area (Å²) in [6.07, 6.45) is 2.45. The third kappa shape index (κ3) is 4.94. The van der Waals surface area contributed by atoms with Crippen LogP contribution >= 0.6 is 0 Å². The molecule has 0 aliphatic rings. The number of carbonyl (C=O) groups excluding carboxylic acids is 1. The van der Waals surface area contributed by atoms with Gasteiger partial charge in [-0.1, -0.05) is 13.0 Å². The van der Waals surface area contributed by atoms with Crippen molar-refractivity contribution in [3.05, 3.63) is 23.5 Å². The van der Waals surface area contributed by atoms with E-state index in [9.17, 15) is 14.4 Å². The predicted octanol–water partition coefficient (Wildman–Crippen LogP) is 0.939. The molecular formula is C10H12O6. The largest absolute Gasteiger partial charge is 0.478 e. The van der Waals surface area contributed by atoms with Gasteiger partial charge in [0.1, 0.15) is 0 Å². The number of allylic oxidation sites excluding steroid dienone is 1. The molecule has 0 aromatic rings. The van der Waals surface area contributed by atoms with Crippen molar-refractivity contribution in [2.45, 2.75) is 20.3 Å². The number of carbonyl (C=O) groups is 3. The summed E-state index contributed by atoms with van der Waals surface area (Å²) < 4.78 is 4.41. The molecule has 0 heterocycles. The van der Waals surface area contributed by atoms with Crippen LogP contribution in [-0.4, -0.2) is 28.1 Å². The number of carboxylic acids is 2. The highest BCUT2D eigenvalue weighted by atomic mass is 16.6. The van der Waals surface area contributed by atoms with E-state index in [1.54, 1.807) is 13.0 Å². The van der Waals surface area contributed by atoms with E-state index in [0.29, 0.717) is 12.5 Å². The molecule has 2 N–H and O–H groups in total. The van der Waals surface area contributed by atoms with Gasteiger partial charge in [-0.25, -0.2) is 14.4 Å². The number of hydrogen-bond acceptors (Lipinski definition) is 4. The van der Waals surface area contributed by atoms with Gasteiger partial charge in [-0.3, -0.25) is 0 Å². The predicted molar refractivity (Wildman–Crippen MR) is 53.5 cm³/mol. The minimum Gasteiger partial charge on any atom is -0.478 e. The molecule has 0 saturated heterocycles. The Morgan fingerprint density at radius 3 is 2.19 bits per heavy atom. The average molecular weight is 228 g/mol. The molecule has 0 aromatic heterocycles. The molecule has 16 heavy (non-hydrogen) atoms. The van der Waals surface area contributed by atoms with Crippen LogP contribution in [0.4, 0.5) is 0 Å². The van der Waals surface area contributed by atoms with Crippen molar-refractivity contribution < 1.29 is 29.3 Å². The first-order chi connectivity index (χ1) is 7.38. The topological polar surface area (TPSA) is 101 Å². The summed E-state index contributed by atoms with van der Waals surface area (Å²) >= 11 is 0. The van der Waals surface area contributed by atoms with Gasteiger partial charge < -0.3 is 14.9 Å². The van der Waals surface area contributed by atoms with Crippen molar-refractivity contribution >= 4 is 17.9 Å². The monoisotopic (exact) mass is 228 g/mol. The zero-order valence-electron chi connectivity index (χ0n) is 8.89. The molecule has 0 spiro atoms. The molecule has 0 amide bonds. The average Bonchev–Trinajstić information content (AvgIpc) is 2.16. The number of aliphatic carboxylic acids is 2. The summed E-state index contributed by atoms with van der Waals surface area (Å²) in [5, 5.41) is 16.9. The highest BCUT2D eigenvalue weighted by molar-refractivity contribution is 5.97. The van der Waals surface area contributed by atoms with E-state index in [2.05, 4.69) is 4.74 Å². The van der Waals surface area contributed by atoms with Crippen LogP contribution in [0.25, 0.3) is 0 Å². The first kappa shape index (κ1) is 13.9. The van der Waals surface area contributed by atoms with Crippen LogP contribution in [-0.2, 0) is 19.1 Å². The summed E-state index contributed by atoms with van der Waals surface area (Å²) in [7, 11) is 0. The fraction of sp³-hybridized carbons (Fsp3) is 0.300. The van der Waals surface area contributed by atoms with Gasteiger partial charge in [0.2, 0.25) is 5.76 Å². The van der Waals surface area contributed by atoms with Crippen molar-refractivity contribution in [2.75, 3.05) is 0 Å². The summed E-state index contributed by atoms with van der Waals surface area (Å²) in [5.74, 6) is -4.90. The Balaban J connectivity index is 4.79. The molecule has 0 bridgehead atoms. The summed E-state index contributed by atoms with van der Waals surface area (Å²) in [6, 6.07) is 0. The molecule has 0 atom stereocenters. The van der Waals surface area contributed by atoms with E-state index in [0.717, 1.165) is 0 Å². The maximum absolute atomic E-state index is 11.2. The van der Waals surface area contributed by atoms with Crippen LogP contribution in [0, 0.1) is 0 Å². The van der Waals surface area contributed by atoms with E-state index >= 15 is 0 Å². The lowest BCUT2D eigenvalue weighted by Gasteiger charge is -2.03. The fourth-order valence-corrected chi connectivity index (χ4v) is 0.817. The minimum atomic E-state index is -1.61. The van der Waals surface area contributed by atoms with Crippen molar-refractivity contribution in [1.82, 2.24) is 0 Å². The molecule has 6 nitrogen and oxygen atoms in total. The van der Waals surface area contributed by atoms with Gasteiger partial charge in [0.15, 0.2) is 0 Å². The molecule has 0 radical (unpaired) electrons. The lowest BCUT2D eigenvalue weighted by atomic mass is 10.2. The lowest BCUT2D eigenvalue weighted by molar-refractivity contribution is -0.146. The zero-order valence-corrected chi connectivity index (χ0v) is 8.89. The number of carboxylic acid groups (broad SMARTS) is 2. The highest BCUT2D eigenvalue weighted by Gasteiger charge is 2.16. The lowest BCUT2D eigenvalue weighted by Crippen LogP contribution is -2.13. The third-order valence-electron chi connectivity index (χ3n) is 1.50. The van der Waals surface area contributed by atoms with Gasteiger partial charge in [0, 0.05) is 5.57 Å². The van der Waals surface area contributed by atoms with Crippen molar-refractivity contribution in [3.8, 4) is 0 Å². The van der Waals surface area contributed by atoms with E-state index in [1.807, 2.05) is 0 Å². The molecule has 0 fully saturated rings. The number of ether oxygens (including phenoxy) is 1. The maximum atomic E-state index is 11.2. The van der Waals surface area contributed by atoms with E-state index in [1.165, 1.54) is 6.92 Å². The second-order valence-electron chi connectivity index (χ2n) is 2.84. The third-order valence-corrected chi connectivity index (χ3v) is 1.50. The molecule has 0 rings (SSSR count). The van der Waals surface area contributed by atoms with Gasteiger partial charge in [-0.2, -0.15) is 0 Å². The number of esters is 1. The normalized spacial score (nSPS) is 12.1. The van der Waals surface area contributed by atoms with Crippen LogP contribution in [0.1, 0.15) is 20.3 Å². The van der Waals surface area contributed by atoms with Gasteiger partial charge in [-0.05, 0) is 13.3 Å². The molecule has 88 valence electrons. The summed E-state index contributed by atoms with van der Waals surface area (Å²) in [5.41, 5.74) is 0.222. The standard InChI is InChI=1S/C10H12O6/c1-3-4-6(2)10(15)16-7(9(13)14)5-8(11)12/h4-5H,3H2,1-2H3,(H,11,12)(H,13,14)/b6-4?,7-5+. The van der Waals surface area contributed by atoms with Crippen LogP contribution < -0.4 is 0 Å². The number of rotatable bonds is 5. The zero-order chi connectivity index (χ0) is 12.7. The van der Waals surface area contributed by atoms with Gasteiger partial charge in [0.25, 0.3) is 0 Å². The Hall–Kier alpha value is -2.11. The van der Waals surface area contributed by atoms with Crippen LogP contribution in [0.5, 0.6) is 0 Å². The number of hydrogen-bond donors (Lipinski definition) is 2. The Morgan fingerprint density at radius 2 is 1.81 bits per heavy atom. The van der Waals surface area contributed by atoms with Crippen molar-refractivity contribution in [2.24, 2.45) is 0 Å². The molecule has 6 heteroatoms. The molecule has 0 saturated carbocycles. The molecule has 0 aromatic carbocycles. The highest BCUT2D eigenvalue weighted by Crippen LogP contribution is 2.05. The first-order valence-electron chi connectivity index (χ1n) is 4.45. The van der Waals surface area contributed by atoms with Crippen LogP contribution in [0.2, 0.25) is 0 Å². The van der Waals surface area contributed by atoms with Crippen molar-refractivity contribution in [1.29, 1.82) is 0 Å². The van der Waals surface area contributed by atoms with Crippen LogP contribution in [0.15, 0.2) is 23.5 Å². The van der Waals surface area contributed by atoms with E-state index in [-0.39, 0.29) is 5.57 Å². The Bertz CT molecular complexity index is 364. The fourth-order valence-electron chi connectivity index (χ4n) is 0.817. The quantitative estimate of drug-likeness (QED) is 0.412. The van der Waals surface area contributed by atoms with Gasteiger partial charge in [-0.15, -0.1) is 0 Å². The van der Waals surface area contributed by atoms with E-state index < -0.39 is 23.7 Å². The van der Waals surface area contributed by atoms with Crippen molar-refractivity contribution in [3.63, 3.8) is 0 Å².